The average Bonchev–Trinajstić information content (AvgIpc) is 3.22. The summed E-state index contributed by atoms with van der Waals surface area (Å²) in [4.78, 5) is 12.2. The van der Waals surface area contributed by atoms with Crippen LogP contribution in [0.4, 0.5) is 0 Å². The van der Waals surface area contributed by atoms with E-state index < -0.39 is 10.0 Å². The Morgan fingerprint density at radius 2 is 1.80 bits per heavy atom. The molecule has 2 rings (SSSR count). The highest BCUT2D eigenvalue weighted by Crippen LogP contribution is 2.32. The van der Waals surface area contributed by atoms with Crippen LogP contribution in [-0.2, 0) is 10.0 Å². The summed E-state index contributed by atoms with van der Waals surface area (Å²) in [5, 5.41) is 2.94. The smallest absolute Gasteiger partial charge is 0.251 e. The van der Waals surface area contributed by atoms with Gasteiger partial charge in [-0.3, -0.25) is 4.79 Å². The molecule has 1 aliphatic carbocycles. The molecule has 110 valence electrons. The van der Waals surface area contributed by atoms with Crippen molar-refractivity contribution in [3.05, 3.63) is 29.8 Å². The first-order valence-corrected chi connectivity index (χ1v) is 8.10. The van der Waals surface area contributed by atoms with E-state index in [-0.39, 0.29) is 16.8 Å². The van der Waals surface area contributed by atoms with E-state index in [2.05, 4.69) is 5.32 Å². The molecule has 0 aliphatic heterocycles. The zero-order valence-corrected chi connectivity index (χ0v) is 12.8. The van der Waals surface area contributed by atoms with Crippen LogP contribution in [0.2, 0.25) is 0 Å². The highest BCUT2D eigenvalue weighted by Gasteiger charge is 2.29. The highest BCUT2D eigenvalue weighted by molar-refractivity contribution is 7.89. The number of rotatable bonds is 5. The van der Waals surface area contributed by atoms with Crippen LogP contribution in [0.1, 0.15) is 30.1 Å². The number of nitrogens with one attached hydrogen (secondary N) is 1. The van der Waals surface area contributed by atoms with Crippen molar-refractivity contribution in [3.63, 3.8) is 0 Å². The molecule has 1 aliphatic rings. The minimum atomic E-state index is -3.44. The Hall–Kier alpha value is -1.40. The molecule has 1 aromatic carbocycles. The second-order valence-corrected chi connectivity index (χ2v) is 7.56. The van der Waals surface area contributed by atoms with Gasteiger partial charge >= 0.3 is 0 Å². The number of nitrogens with zero attached hydrogens (tertiary/aromatic N) is 1. The molecule has 1 saturated carbocycles. The van der Waals surface area contributed by atoms with Crippen molar-refractivity contribution in [1.82, 2.24) is 9.62 Å². The van der Waals surface area contributed by atoms with Gasteiger partial charge in [-0.2, -0.15) is 0 Å². The van der Waals surface area contributed by atoms with E-state index >= 15 is 0 Å². The van der Waals surface area contributed by atoms with Crippen molar-refractivity contribution in [1.29, 1.82) is 0 Å². The molecular formula is C14H20N2O3S. The first-order valence-electron chi connectivity index (χ1n) is 6.66. The van der Waals surface area contributed by atoms with Crippen molar-refractivity contribution in [2.24, 2.45) is 5.92 Å². The van der Waals surface area contributed by atoms with Gasteiger partial charge < -0.3 is 5.32 Å². The fourth-order valence-corrected chi connectivity index (χ4v) is 2.89. The first-order chi connectivity index (χ1) is 9.32. The van der Waals surface area contributed by atoms with Crippen LogP contribution in [0.15, 0.2) is 29.2 Å². The molecule has 5 nitrogen and oxygen atoms in total. The standard InChI is InChI=1S/C14H20N2O3S/c1-10(11-4-5-11)15-14(17)12-6-8-13(9-7-12)20(18,19)16(2)3/h6-11H,4-5H2,1-3H3,(H,15,17). The fourth-order valence-electron chi connectivity index (χ4n) is 1.99. The Morgan fingerprint density at radius 3 is 2.25 bits per heavy atom. The second kappa shape index (κ2) is 5.54. The van der Waals surface area contributed by atoms with Crippen molar-refractivity contribution in [2.75, 3.05) is 14.1 Å². The van der Waals surface area contributed by atoms with E-state index in [0.29, 0.717) is 11.5 Å². The summed E-state index contributed by atoms with van der Waals surface area (Å²) in [6, 6.07) is 6.20. The zero-order chi connectivity index (χ0) is 14.9. The Bertz CT molecular complexity index is 589. The van der Waals surface area contributed by atoms with Gasteiger partial charge in [0.15, 0.2) is 0 Å². The van der Waals surface area contributed by atoms with Gasteiger partial charge in [-0.15, -0.1) is 0 Å². The van der Waals surface area contributed by atoms with Gasteiger partial charge in [-0.25, -0.2) is 12.7 Å². The molecule has 20 heavy (non-hydrogen) atoms. The van der Waals surface area contributed by atoms with Crippen LogP contribution >= 0.6 is 0 Å². The van der Waals surface area contributed by atoms with E-state index in [4.69, 9.17) is 0 Å². The number of benzene rings is 1. The van der Waals surface area contributed by atoms with Gasteiger partial charge in [0.2, 0.25) is 10.0 Å². The molecule has 0 aromatic heterocycles. The second-order valence-electron chi connectivity index (χ2n) is 5.41. The lowest BCUT2D eigenvalue weighted by atomic mass is 10.1. The third kappa shape index (κ3) is 3.19. The third-order valence-electron chi connectivity index (χ3n) is 3.58. The van der Waals surface area contributed by atoms with Crippen molar-refractivity contribution in [2.45, 2.75) is 30.7 Å². The number of sulfonamides is 1. The largest absolute Gasteiger partial charge is 0.349 e. The van der Waals surface area contributed by atoms with Crippen LogP contribution in [0.3, 0.4) is 0 Å². The molecular weight excluding hydrogens is 276 g/mol. The van der Waals surface area contributed by atoms with E-state index in [1.165, 1.54) is 39.1 Å². The van der Waals surface area contributed by atoms with Gasteiger partial charge in [0.25, 0.3) is 5.91 Å². The molecule has 1 fully saturated rings. The lowest BCUT2D eigenvalue weighted by Crippen LogP contribution is -2.34. The molecule has 1 atom stereocenters. The van der Waals surface area contributed by atoms with Crippen LogP contribution in [-0.4, -0.2) is 38.8 Å². The van der Waals surface area contributed by atoms with Crippen molar-refractivity contribution < 1.29 is 13.2 Å². The predicted octanol–water partition coefficient (Wildman–Crippen LogP) is 1.47. The van der Waals surface area contributed by atoms with Crippen LogP contribution in [0, 0.1) is 5.92 Å². The summed E-state index contributed by atoms with van der Waals surface area (Å²) in [7, 11) is -0.485. The van der Waals surface area contributed by atoms with Gasteiger partial charge in [-0.1, -0.05) is 0 Å². The summed E-state index contributed by atoms with van der Waals surface area (Å²) < 4.78 is 25.0. The Kier molecular flexibility index (Phi) is 4.15. The highest BCUT2D eigenvalue weighted by atomic mass is 32.2. The third-order valence-corrected chi connectivity index (χ3v) is 5.41. The lowest BCUT2D eigenvalue weighted by Gasteiger charge is -2.14. The normalized spacial score (nSPS) is 17.0. The van der Waals surface area contributed by atoms with E-state index in [1.807, 2.05) is 6.92 Å². The van der Waals surface area contributed by atoms with Crippen LogP contribution in [0.25, 0.3) is 0 Å². The quantitative estimate of drug-likeness (QED) is 0.894. The summed E-state index contributed by atoms with van der Waals surface area (Å²) >= 11 is 0. The maximum atomic E-state index is 12.0. The molecule has 0 radical (unpaired) electrons. The maximum absolute atomic E-state index is 12.0. The van der Waals surface area contributed by atoms with Gasteiger partial charge in [-0.05, 0) is 49.9 Å². The summed E-state index contributed by atoms with van der Waals surface area (Å²) in [6.07, 6.45) is 2.34. The van der Waals surface area contributed by atoms with Gasteiger partial charge in [0.1, 0.15) is 0 Å². The molecule has 0 spiro atoms. The maximum Gasteiger partial charge on any atom is 0.251 e. The Morgan fingerprint density at radius 1 is 1.25 bits per heavy atom. The summed E-state index contributed by atoms with van der Waals surface area (Å²) in [5.74, 6) is 0.436. The lowest BCUT2D eigenvalue weighted by molar-refractivity contribution is 0.0935. The SMILES string of the molecule is CC(NC(=O)c1ccc(S(=O)(=O)N(C)C)cc1)C1CC1. The molecule has 6 heteroatoms. The monoisotopic (exact) mass is 296 g/mol. The molecule has 0 saturated heterocycles. The number of hydrogen-bond acceptors (Lipinski definition) is 3. The number of amides is 1. The minimum Gasteiger partial charge on any atom is -0.349 e. The van der Waals surface area contributed by atoms with Crippen molar-refractivity contribution >= 4 is 15.9 Å². The van der Waals surface area contributed by atoms with Crippen LogP contribution < -0.4 is 5.32 Å². The van der Waals surface area contributed by atoms with Crippen molar-refractivity contribution in [3.8, 4) is 0 Å². The van der Waals surface area contributed by atoms with E-state index in [9.17, 15) is 13.2 Å². The average molecular weight is 296 g/mol. The minimum absolute atomic E-state index is 0.154. The molecule has 1 N–H and O–H groups in total. The Balaban J connectivity index is 2.09. The van der Waals surface area contributed by atoms with E-state index in [1.54, 1.807) is 12.1 Å². The summed E-state index contributed by atoms with van der Waals surface area (Å²) in [6.45, 7) is 2.00. The van der Waals surface area contributed by atoms with Crippen LogP contribution in [0.5, 0.6) is 0 Å². The number of carbonyl (C=O) groups is 1. The molecule has 0 bridgehead atoms. The Labute approximate surface area is 120 Å². The zero-order valence-electron chi connectivity index (χ0n) is 12.0. The summed E-state index contributed by atoms with van der Waals surface area (Å²) in [5.41, 5.74) is 0.482. The molecule has 1 aromatic rings. The predicted molar refractivity (Wildman–Crippen MR) is 77.0 cm³/mol. The van der Waals surface area contributed by atoms with Gasteiger partial charge in [0, 0.05) is 25.7 Å². The topological polar surface area (TPSA) is 66.5 Å². The fraction of sp³-hybridized carbons (Fsp3) is 0.500. The first kappa shape index (κ1) is 15.0. The molecule has 0 heterocycles. The van der Waals surface area contributed by atoms with Gasteiger partial charge in [0.05, 0.1) is 4.90 Å². The van der Waals surface area contributed by atoms with E-state index in [0.717, 1.165) is 4.31 Å². The number of hydrogen-bond donors (Lipinski definition) is 1. The molecule has 1 amide bonds. The number of carbonyl (C=O) groups excluding carboxylic acids is 1. The molecule has 1 unspecified atom stereocenters.